The number of carbonyl (C=O) groups is 2. The van der Waals surface area contributed by atoms with E-state index in [-0.39, 0.29) is 36.1 Å². The van der Waals surface area contributed by atoms with E-state index in [4.69, 9.17) is 17.3 Å². The Kier molecular flexibility index (Phi) is 6.64. The maximum atomic E-state index is 13.6. The number of fused-ring (bicyclic) bond motifs is 1. The molecule has 0 bridgehead atoms. The summed E-state index contributed by atoms with van der Waals surface area (Å²) in [4.78, 5) is 33.4. The molecule has 1 saturated heterocycles. The summed E-state index contributed by atoms with van der Waals surface area (Å²) in [7, 11) is -2.73. The molecule has 1 unspecified atom stereocenters. The lowest BCUT2D eigenvalue weighted by molar-refractivity contribution is -0.149. The average molecular weight is 530 g/mol. The second-order valence-corrected chi connectivity index (χ2v) is 10.5. The molecule has 36 heavy (non-hydrogen) atoms. The van der Waals surface area contributed by atoms with Gasteiger partial charge in [-0.1, -0.05) is 24.6 Å². The molecule has 1 aliphatic rings. The lowest BCUT2D eigenvalue weighted by atomic mass is 9.94. The van der Waals surface area contributed by atoms with Crippen LogP contribution >= 0.6 is 11.6 Å². The van der Waals surface area contributed by atoms with Gasteiger partial charge in [0.25, 0.3) is 5.91 Å². The Morgan fingerprint density at radius 1 is 1.31 bits per heavy atom. The fourth-order valence-electron chi connectivity index (χ4n) is 4.45. The van der Waals surface area contributed by atoms with Gasteiger partial charge in [-0.05, 0) is 32.0 Å². The second-order valence-electron chi connectivity index (χ2n) is 9.05. The van der Waals surface area contributed by atoms with E-state index >= 15 is 0 Å². The molecule has 3 heterocycles. The van der Waals surface area contributed by atoms with Crippen molar-refractivity contribution in [2.45, 2.75) is 26.3 Å². The third kappa shape index (κ3) is 4.25. The minimum atomic E-state index is -2.73. The molecule has 13 heteroatoms. The Morgan fingerprint density at radius 3 is 2.69 bits per heavy atom. The minimum Gasteiger partial charge on any atom is -0.382 e. The molecule has 1 fully saturated rings. The fraction of sp³-hybridized carbons (Fsp3) is 0.348. The minimum absolute atomic E-state index is 0.132. The molecule has 1 atom stereocenters. The number of hydrogen-bond donors (Lipinski definition) is 2. The number of amides is 2. The van der Waals surface area contributed by atoms with E-state index < -0.39 is 28.1 Å². The molecule has 0 radical (unpaired) electrons. The van der Waals surface area contributed by atoms with Crippen molar-refractivity contribution in [2.75, 3.05) is 29.5 Å². The number of carbonyl (C=O) groups excluding carboxylic acids is 2. The van der Waals surface area contributed by atoms with E-state index in [2.05, 4.69) is 16.2 Å². The van der Waals surface area contributed by atoms with E-state index in [1.807, 2.05) is 0 Å². The second kappa shape index (κ2) is 9.40. The largest absolute Gasteiger partial charge is 0.382 e. The first-order valence-corrected chi connectivity index (χ1v) is 12.8. The van der Waals surface area contributed by atoms with Crippen LogP contribution in [-0.2, 0) is 20.3 Å². The van der Waals surface area contributed by atoms with Crippen molar-refractivity contribution in [3.05, 3.63) is 41.2 Å². The van der Waals surface area contributed by atoms with Gasteiger partial charge in [-0.25, -0.2) is 17.9 Å². The molecule has 11 nitrogen and oxygen atoms in total. The summed E-state index contributed by atoms with van der Waals surface area (Å²) in [5.41, 5.74) is 7.03. The van der Waals surface area contributed by atoms with Crippen molar-refractivity contribution in [2.24, 2.45) is 5.92 Å². The summed E-state index contributed by atoms with van der Waals surface area (Å²) >= 11 is 6.37. The summed E-state index contributed by atoms with van der Waals surface area (Å²) in [6.07, 6.45) is 1.30. The zero-order chi connectivity index (χ0) is 26.4. The van der Waals surface area contributed by atoms with Gasteiger partial charge < -0.3 is 15.5 Å². The predicted octanol–water partition coefficient (Wildman–Crippen LogP) is 1.70. The monoisotopic (exact) mass is 529 g/mol. The third-order valence-electron chi connectivity index (χ3n) is 6.34. The number of anilines is 2. The number of piperazine rings is 1. The number of benzene rings is 1. The van der Waals surface area contributed by atoms with Gasteiger partial charge in [0.15, 0.2) is 5.82 Å². The topological polar surface area (TPSA) is 155 Å². The molecule has 2 amide bonds. The van der Waals surface area contributed by atoms with Crippen LogP contribution in [0.5, 0.6) is 0 Å². The van der Waals surface area contributed by atoms with Crippen LogP contribution in [-0.4, -0.2) is 64.1 Å². The highest BCUT2D eigenvalue weighted by molar-refractivity contribution is 7.72. The number of thiol groups is 1. The molecule has 1 aliphatic heterocycles. The summed E-state index contributed by atoms with van der Waals surface area (Å²) in [6, 6.07) is 8.83. The molecule has 4 rings (SSSR count). The Morgan fingerprint density at radius 2 is 2.03 bits per heavy atom. The first kappa shape index (κ1) is 25.4. The van der Waals surface area contributed by atoms with Crippen LogP contribution in [0.4, 0.5) is 11.5 Å². The Labute approximate surface area is 214 Å². The van der Waals surface area contributed by atoms with E-state index in [0.29, 0.717) is 27.5 Å². The smallest absolute Gasteiger partial charge is 0.252 e. The highest BCUT2D eigenvalue weighted by Crippen LogP contribution is 2.36. The standard InChI is InChI=1S/C23H24ClN7O4S/c1-13(11-36(34)35)21(32)30-7-6-29(22(33)23(30,2)3)17-8-14(4-5-15(17)10-25)18-9-16(24)19-20(26)27-12-28-31(18)19/h4-5,8-9,12-13,36H,6-7,11H2,1-3H3,(H2,26,27,28). The predicted molar refractivity (Wildman–Crippen MR) is 135 cm³/mol. The van der Waals surface area contributed by atoms with Crippen LogP contribution in [0.2, 0.25) is 5.02 Å². The quantitative estimate of drug-likeness (QED) is 0.473. The van der Waals surface area contributed by atoms with Crippen molar-refractivity contribution in [3.8, 4) is 17.3 Å². The van der Waals surface area contributed by atoms with E-state index in [1.165, 1.54) is 23.1 Å². The number of halogens is 1. The van der Waals surface area contributed by atoms with Crippen molar-refractivity contribution in [1.29, 1.82) is 5.26 Å². The maximum Gasteiger partial charge on any atom is 0.252 e. The lowest BCUT2D eigenvalue weighted by Gasteiger charge is -2.46. The van der Waals surface area contributed by atoms with Gasteiger partial charge >= 0.3 is 0 Å². The first-order chi connectivity index (χ1) is 17.0. The molecule has 0 saturated carbocycles. The summed E-state index contributed by atoms with van der Waals surface area (Å²) in [5, 5.41) is 14.4. The number of nitrogens with zero attached hydrogens (tertiary/aromatic N) is 6. The van der Waals surface area contributed by atoms with Crippen LogP contribution in [0.1, 0.15) is 26.3 Å². The van der Waals surface area contributed by atoms with Crippen molar-refractivity contribution >= 4 is 51.1 Å². The molecule has 2 aromatic heterocycles. The summed E-state index contributed by atoms with van der Waals surface area (Å²) in [5.74, 6) is -1.65. The average Bonchev–Trinajstić information content (AvgIpc) is 3.17. The molecular formula is C23H24ClN7O4S. The zero-order valence-corrected chi connectivity index (χ0v) is 21.5. The van der Waals surface area contributed by atoms with Gasteiger partial charge in [0, 0.05) is 24.6 Å². The van der Waals surface area contributed by atoms with Crippen LogP contribution in [0, 0.1) is 17.2 Å². The number of nitrogen functional groups attached to an aromatic ring is 1. The molecule has 188 valence electrons. The number of aromatic nitrogens is 3. The van der Waals surface area contributed by atoms with Crippen molar-refractivity contribution < 1.29 is 18.0 Å². The Bertz CT molecular complexity index is 1500. The van der Waals surface area contributed by atoms with Gasteiger partial charge in [0.05, 0.1) is 27.7 Å². The van der Waals surface area contributed by atoms with Crippen molar-refractivity contribution in [3.63, 3.8) is 0 Å². The number of rotatable bonds is 5. The molecule has 2 N–H and O–H groups in total. The summed E-state index contributed by atoms with van der Waals surface area (Å²) < 4.78 is 23.8. The molecule has 1 aromatic carbocycles. The Hall–Kier alpha value is -3.69. The highest BCUT2D eigenvalue weighted by atomic mass is 35.5. The van der Waals surface area contributed by atoms with Crippen LogP contribution in [0.25, 0.3) is 16.8 Å². The lowest BCUT2D eigenvalue weighted by Crippen LogP contribution is -2.65. The van der Waals surface area contributed by atoms with Gasteiger partial charge in [-0.15, -0.1) is 0 Å². The zero-order valence-electron chi connectivity index (χ0n) is 19.8. The molecule has 0 spiro atoms. The van der Waals surface area contributed by atoms with Gasteiger partial charge in [0.1, 0.15) is 34.2 Å². The number of nitrogens with two attached hydrogens (primary N) is 1. The first-order valence-electron chi connectivity index (χ1n) is 11.0. The fourth-order valence-corrected chi connectivity index (χ4v) is 5.33. The number of hydrogen-bond acceptors (Lipinski definition) is 8. The van der Waals surface area contributed by atoms with Gasteiger partial charge in [-0.2, -0.15) is 10.4 Å². The maximum absolute atomic E-state index is 13.6. The van der Waals surface area contributed by atoms with Crippen LogP contribution in [0.15, 0.2) is 30.6 Å². The van der Waals surface area contributed by atoms with E-state index in [0.717, 1.165) is 0 Å². The highest BCUT2D eigenvalue weighted by Gasteiger charge is 2.46. The molecule has 3 aromatic rings. The third-order valence-corrected chi connectivity index (χ3v) is 7.48. The van der Waals surface area contributed by atoms with Crippen LogP contribution in [0.3, 0.4) is 0 Å². The SMILES string of the molecule is CC(C[SH](=O)=O)C(=O)N1CCN(c2cc(-c3cc(Cl)c4c(N)ncnn34)ccc2C#N)C(=O)C1(C)C. The molecular weight excluding hydrogens is 506 g/mol. The Balaban J connectivity index is 1.74. The normalized spacial score (nSPS) is 16.4. The van der Waals surface area contributed by atoms with E-state index in [9.17, 15) is 23.3 Å². The number of nitriles is 1. The van der Waals surface area contributed by atoms with E-state index in [1.54, 1.807) is 42.6 Å². The molecule has 0 aliphatic carbocycles. The van der Waals surface area contributed by atoms with Crippen molar-refractivity contribution in [1.82, 2.24) is 19.5 Å². The van der Waals surface area contributed by atoms with Gasteiger partial charge in [-0.3, -0.25) is 9.59 Å². The van der Waals surface area contributed by atoms with Crippen LogP contribution < -0.4 is 10.6 Å². The van der Waals surface area contributed by atoms with Gasteiger partial charge in [0.2, 0.25) is 5.91 Å². The summed E-state index contributed by atoms with van der Waals surface area (Å²) in [6.45, 7) is 5.06.